The van der Waals surface area contributed by atoms with Crippen molar-refractivity contribution >= 4 is 46.7 Å². The Bertz CT molecular complexity index is 1140. The van der Waals surface area contributed by atoms with Gasteiger partial charge in [0.05, 0.1) is 6.67 Å². The van der Waals surface area contributed by atoms with E-state index in [1.54, 1.807) is 21.9 Å². The average molecular weight is 561 g/mol. The third-order valence-electron chi connectivity index (χ3n) is 7.33. The summed E-state index contributed by atoms with van der Waals surface area (Å²) in [6, 6.07) is 15.0. The maximum atomic E-state index is 13.8. The van der Waals surface area contributed by atoms with Crippen LogP contribution in [0.25, 0.3) is 0 Å². The van der Waals surface area contributed by atoms with E-state index < -0.39 is 5.54 Å². The number of benzene rings is 2. The van der Waals surface area contributed by atoms with Gasteiger partial charge in [0.1, 0.15) is 12.1 Å². The molecule has 2 aromatic carbocycles. The van der Waals surface area contributed by atoms with Gasteiger partial charge in [-0.15, -0.1) is 0 Å². The summed E-state index contributed by atoms with van der Waals surface area (Å²) < 4.78 is 0. The van der Waals surface area contributed by atoms with E-state index in [1.807, 2.05) is 36.4 Å². The molecule has 1 spiro atoms. The summed E-state index contributed by atoms with van der Waals surface area (Å²) in [6.45, 7) is 4.39. The van der Waals surface area contributed by atoms with Gasteiger partial charge < -0.3 is 25.3 Å². The fourth-order valence-corrected chi connectivity index (χ4v) is 5.68. The van der Waals surface area contributed by atoms with Crippen LogP contribution in [-0.2, 0) is 16.0 Å². The number of amides is 4. The van der Waals surface area contributed by atoms with Gasteiger partial charge in [0.2, 0.25) is 5.91 Å². The van der Waals surface area contributed by atoms with E-state index in [-0.39, 0.29) is 24.4 Å². The van der Waals surface area contributed by atoms with E-state index in [1.165, 1.54) is 0 Å². The summed E-state index contributed by atoms with van der Waals surface area (Å²) >= 11 is 12.2. The van der Waals surface area contributed by atoms with Crippen molar-refractivity contribution in [1.82, 2.24) is 20.4 Å². The number of urea groups is 1. The molecule has 8 nitrogen and oxygen atoms in total. The number of likely N-dealkylation sites (tertiary alicyclic amines) is 1. The summed E-state index contributed by atoms with van der Waals surface area (Å²) in [4.78, 5) is 44.7. The second kappa shape index (κ2) is 12.7. The fourth-order valence-electron chi connectivity index (χ4n) is 5.18. The summed E-state index contributed by atoms with van der Waals surface area (Å²) in [5.41, 5.74) is 1.05. The number of carbonyl (C=O) groups excluding carboxylic acids is 3. The topological polar surface area (TPSA) is 85.0 Å². The quantitative estimate of drug-likeness (QED) is 0.448. The number of rotatable bonds is 9. The number of carbonyl (C=O) groups is 3. The molecule has 2 saturated heterocycles. The molecule has 2 heterocycles. The van der Waals surface area contributed by atoms with Crippen LogP contribution in [-0.4, -0.2) is 72.6 Å². The Morgan fingerprint density at radius 1 is 1.00 bits per heavy atom. The molecule has 0 atom stereocenters. The van der Waals surface area contributed by atoms with Gasteiger partial charge >= 0.3 is 6.03 Å². The van der Waals surface area contributed by atoms with Gasteiger partial charge in [-0.2, -0.15) is 0 Å². The standard InChI is InChI=1S/C28H35Cl2N5O3/c1-2-3-14-32-27(38)33-16-12-28(13-17-33)26(37)34(20-35(28)23-7-5-4-6-8-23)19-25(36)31-15-11-21-9-10-22(29)18-24(21)30/h4-10,18H,2-3,11-17,19-20H2,1H3,(H,31,36)(H,32,38). The van der Waals surface area contributed by atoms with Gasteiger partial charge in [-0.05, 0) is 55.5 Å². The smallest absolute Gasteiger partial charge is 0.317 e. The lowest BCUT2D eigenvalue weighted by Gasteiger charge is -2.43. The number of halogens is 2. The van der Waals surface area contributed by atoms with Crippen molar-refractivity contribution in [2.45, 2.75) is 44.6 Å². The van der Waals surface area contributed by atoms with Crippen molar-refractivity contribution in [3.8, 4) is 0 Å². The highest BCUT2D eigenvalue weighted by Gasteiger charge is 2.54. The molecule has 4 amide bonds. The number of para-hydroxylation sites is 1. The SMILES string of the molecule is CCCCNC(=O)N1CCC2(CC1)C(=O)N(CC(=O)NCCc1ccc(Cl)cc1Cl)CN2c1ccccc1. The lowest BCUT2D eigenvalue weighted by atomic mass is 9.85. The molecule has 0 unspecified atom stereocenters. The third kappa shape index (κ3) is 6.35. The number of anilines is 1. The summed E-state index contributed by atoms with van der Waals surface area (Å²) in [7, 11) is 0. The fraction of sp³-hybridized carbons (Fsp3) is 0.464. The van der Waals surface area contributed by atoms with Crippen molar-refractivity contribution in [3.63, 3.8) is 0 Å². The van der Waals surface area contributed by atoms with Crippen LogP contribution in [0.2, 0.25) is 10.0 Å². The van der Waals surface area contributed by atoms with Crippen LogP contribution in [0.1, 0.15) is 38.2 Å². The average Bonchev–Trinajstić information content (AvgIpc) is 3.17. The molecule has 0 saturated carbocycles. The van der Waals surface area contributed by atoms with Crippen molar-refractivity contribution in [2.75, 3.05) is 44.3 Å². The van der Waals surface area contributed by atoms with Crippen LogP contribution in [0.5, 0.6) is 0 Å². The summed E-state index contributed by atoms with van der Waals surface area (Å²) in [5.74, 6) is -0.287. The number of piperidine rings is 1. The molecular formula is C28H35Cl2N5O3. The first-order valence-electron chi connectivity index (χ1n) is 13.2. The minimum absolute atomic E-state index is 0.0283. The normalized spacial score (nSPS) is 16.7. The van der Waals surface area contributed by atoms with Crippen LogP contribution in [0, 0.1) is 0 Å². The maximum Gasteiger partial charge on any atom is 0.317 e. The third-order valence-corrected chi connectivity index (χ3v) is 7.92. The number of unbranched alkanes of at least 4 members (excludes halogenated alkanes) is 1. The van der Waals surface area contributed by atoms with Crippen molar-refractivity contribution in [3.05, 3.63) is 64.1 Å². The lowest BCUT2D eigenvalue weighted by Crippen LogP contribution is -2.58. The molecule has 0 bridgehead atoms. The van der Waals surface area contributed by atoms with E-state index in [9.17, 15) is 14.4 Å². The molecule has 2 N–H and O–H groups in total. The van der Waals surface area contributed by atoms with E-state index in [2.05, 4.69) is 22.5 Å². The second-order valence-corrected chi connectivity index (χ2v) is 10.7. The predicted molar refractivity (Wildman–Crippen MR) is 151 cm³/mol. The Kier molecular flexibility index (Phi) is 9.39. The Balaban J connectivity index is 1.39. The van der Waals surface area contributed by atoms with Crippen LogP contribution >= 0.6 is 23.2 Å². The van der Waals surface area contributed by atoms with E-state index in [4.69, 9.17) is 23.2 Å². The Labute approximate surface area is 234 Å². The maximum absolute atomic E-state index is 13.8. The molecule has 204 valence electrons. The molecule has 2 aliphatic rings. The molecule has 0 radical (unpaired) electrons. The summed E-state index contributed by atoms with van der Waals surface area (Å²) in [6.07, 6.45) is 3.53. The van der Waals surface area contributed by atoms with Crippen molar-refractivity contribution in [2.24, 2.45) is 0 Å². The van der Waals surface area contributed by atoms with Gasteiger partial charge in [-0.3, -0.25) is 9.59 Å². The highest BCUT2D eigenvalue weighted by molar-refractivity contribution is 6.35. The molecule has 0 aliphatic carbocycles. The van der Waals surface area contributed by atoms with Crippen LogP contribution in [0.4, 0.5) is 10.5 Å². The zero-order valence-electron chi connectivity index (χ0n) is 21.7. The number of hydrogen-bond acceptors (Lipinski definition) is 4. The molecule has 38 heavy (non-hydrogen) atoms. The molecule has 2 aromatic rings. The molecule has 0 aromatic heterocycles. The zero-order valence-corrected chi connectivity index (χ0v) is 23.2. The van der Waals surface area contributed by atoms with E-state index >= 15 is 0 Å². The Hall–Kier alpha value is -2.97. The van der Waals surface area contributed by atoms with Gasteiger partial charge in [0.15, 0.2) is 0 Å². The van der Waals surface area contributed by atoms with E-state index in [0.717, 1.165) is 24.1 Å². The van der Waals surface area contributed by atoms with Gasteiger partial charge in [-0.1, -0.05) is 60.8 Å². The first-order valence-corrected chi connectivity index (χ1v) is 13.9. The van der Waals surface area contributed by atoms with Gasteiger partial charge in [0, 0.05) is 41.9 Å². The first kappa shape index (κ1) is 28.0. The summed E-state index contributed by atoms with van der Waals surface area (Å²) in [5, 5.41) is 7.00. The lowest BCUT2D eigenvalue weighted by molar-refractivity contribution is -0.137. The largest absolute Gasteiger partial charge is 0.354 e. The monoisotopic (exact) mass is 559 g/mol. The van der Waals surface area contributed by atoms with E-state index in [0.29, 0.717) is 62.2 Å². The zero-order chi connectivity index (χ0) is 27.1. The van der Waals surface area contributed by atoms with Crippen molar-refractivity contribution in [1.29, 1.82) is 0 Å². The Morgan fingerprint density at radius 3 is 2.42 bits per heavy atom. The highest BCUT2D eigenvalue weighted by atomic mass is 35.5. The van der Waals surface area contributed by atoms with Crippen molar-refractivity contribution < 1.29 is 14.4 Å². The van der Waals surface area contributed by atoms with Crippen LogP contribution < -0.4 is 15.5 Å². The second-order valence-electron chi connectivity index (χ2n) is 9.85. The van der Waals surface area contributed by atoms with Gasteiger partial charge in [-0.25, -0.2) is 4.79 Å². The van der Waals surface area contributed by atoms with Crippen LogP contribution in [0.3, 0.4) is 0 Å². The van der Waals surface area contributed by atoms with Crippen LogP contribution in [0.15, 0.2) is 48.5 Å². The molecule has 4 rings (SSSR count). The number of nitrogens with one attached hydrogen (secondary N) is 2. The first-order chi connectivity index (χ1) is 18.3. The highest BCUT2D eigenvalue weighted by Crippen LogP contribution is 2.39. The molecular weight excluding hydrogens is 525 g/mol. The molecule has 10 heteroatoms. The minimum atomic E-state index is -0.779. The minimum Gasteiger partial charge on any atom is -0.354 e. The van der Waals surface area contributed by atoms with Gasteiger partial charge in [0.25, 0.3) is 5.91 Å². The Morgan fingerprint density at radius 2 is 1.74 bits per heavy atom. The predicted octanol–water partition coefficient (Wildman–Crippen LogP) is 4.30. The molecule has 2 fully saturated rings. The number of hydrogen-bond donors (Lipinski definition) is 2. The number of nitrogens with zero attached hydrogens (tertiary/aromatic N) is 3. The molecule has 2 aliphatic heterocycles.